The quantitative estimate of drug-likeness (QED) is 0.492. The molecule has 0 bridgehead atoms. The number of rotatable bonds is 7. The molecule has 1 unspecified atom stereocenters. The molecule has 31 heavy (non-hydrogen) atoms. The number of nitrogens with one attached hydrogen (secondary N) is 2. The predicted molar refractivity (Wildman–Crippen MR) is 125 cm³/mol. The van der Waals surface area contributed by atoms with E-state index in [1.807, 2.05) is 38.1 Å². The number of sulfonamides is 1. The zero-order valence-electron chi connectivity index (χ0n) is 17.6. The zero-order chi connectivity index (χ0) is 22.6. The standard InChI is InChI=1S/C24H25ClN2O3S/c1-4-18-7-9-19(10-8-18)17(3)26-24(28)22-15-20(11-14-23(22)25)27-31(29,30)21-12-5-16(2)6-13-21/h5-15,17,27H,4H2,1-3H3,(H,26,28). The Morgan fingerprint density at radius 1 is 1.00 bits per heavy atom. The Morgan fingerprint density at radius 3 is 2.26 bits per heavy atom. The van der Waals surface area contributed by atoms with Gasteiger partial charge < -0.3 is 5.32 Å². The molecule has 3 aromatic carbocycles. The minimum atomic E-state index is -3.78. The molecule has 0 aromatic heterocycles. The molecular weight excluding hydrogens is 432 g/mol. The summed E-state index contributed by atoms with van der Waals surface area (Å²) in [5, 5.41) is 3.16. The fourth-order valence-electron chi connectivity index (χ4n) is 3.09. The lowest BCUT2D eigenvalue weighted by atomic mass is 10.0. The smallest absolute Gasteiger partial charge is 0.261 e. The molecule has 162 valence electrons. The summed E-state index contributed by atoms with van der Waals surface area (Å²) in [4.78, 5) is 13.0. The van der Waals surface area contributed by atoms with Crippen molar-refractivity contribution in [3.05, 3.63) is 94.0 Å². The first-order valence-electron chi connectivity index (χ1n) is 9.98. The highest BCUT2D eigenvalue weighted by molar-refractivity contribution is 7.92. The second kappa shape index (κ2) is 9.54. The Kier molecular flexibility index (Phi) is 7.03. The van der Waals surface area contributed by atoms with Crippen LogP contribution >= 0.6 is 11.6 Å². The van der Waals surface area contributed by atoms with Crippen molar-refractivity contribution < 1.29 is 13.2 Å². The van der Waals surface area contributed by atoms with Gasteiger partial charge in [0, 0.05) is 5.69 Å². The van der Waals surface area contributed by atoms with Crippen molar-refractivity contribution >= 4 is 33.2 Å². The Balaban J connectivity index is 1.78. The van der Waals surface area contributed by atoms with Crippen LogP contribution in [0.1, 0.15) is 46.9 Å². The number of hydrogen-bond acceptors (Lipinski definition) is 3. The summed E-state index contributed by atoms with van der Waals surface area (Å²) >= 11 is 6.23. The molecule has 0 heterocycles. The van der Waals surface area contributed by atoms with Crippen LogP contribution in [0.2, 0.25) is 5.02 Å². The van der Waals surface area contributed by atoms with Crippen LogP contribution in [0.4, 0.5) is 5.69 Å². The first-order chi connectivity index (χ1) is 14.7. The van der Waals surface area contributed by atoms with E-state index >= 15 is 0 Å². The van der Waals surface area contributed by atoms with Crippen LogP contribution in [-0.2, 0) is 16.4 Å². The van der Waals surface area contributed by atoms with Crippen molar-refractivity contribution in [3.8, 4) is 0 Å². The van der Waals surface area contributed by atoms with Gasteiger partial charge in [-0.05, 0) is 61.7 Å². The Labute approximate surface area is 188 Å². The number of amides is 1. The van der Waals surface area contributed by atoms with Gasteiger partial charge in [-0.1, -0.05) is 60.5 Å². The molecule has 0 aliphatic carbocycles. The molecule has 0 saturated carbocycles. The number of benzene rings is 3. The third kappa shape index (κ3) is 5.66. The summed E-state index contributed by atoms with van der Waals surface area (Å²) in [5.74, 6) is -0.381. The molecule has 3 aromatic rings. The summed E-state index contributed by atoms with van der Waals surface area (Å²) < 4.78 is 27.8. The number of carbonyl (C=O) groups excluding carboxylic acids is 1. The summed E-state index contributed by atoms with van der Waals surface area (Å²) in [6.07, 6.45) is 0.946. The molecule has 3 rings (SSSR count). The van der Waals surface area contributed by atoms with Crippen molar-refractivity contribution in [2.24, 2.45) is 0 Å². The largest absolute Gasteiger partial charge is 0.345 e. The number of halogens is 1. The molecule has 5 nitrogen and oxygen atoms in total. The molecule has 1 atom stereocenters. The van der Waals surface area contributed by atoms with Gasteiger partial charge in [0.15, 0.2) is 0 Å². The van der Waals surface area contributed by atoms with Crippen LogP contribution < -0.4 is 10.0 Å². The summed E-state index contributed by atoms with van der Waals surface area (Å²) in [6.45, 7) is 5.85. The molecule has 0 aliphatic heterocycles. The van der Waals surface area contributed by atoms with E-state index in [-0.39, 0.29) is 33.1 Å². The van der Waals surface area contributed by atoms with Gasteiger partial charge in [0.1, 0.15) is 0 Å². The highest BCUT2D eigenvalue weighted by Crippen LogP contribution is 2.24. The SMILES string of the molecule is CCc1ccc(C(C)NC(=O)c2cc(NS(=O)(=O)c3ccc(C)cc3)ccc2Cl)cc1. The van der Waals surface area contributed by atoms with Crippen molar-refractivity contribution in [1.82, 2.24) is 5.32 Å². The van der Waals surface area contributed by atoms with Gasteiger partial charge in [0.25, 0.3) is 15.9 Å². The second-order valence-corrected chi connectivity index (χ2v) is 9.49. The molecular formula is C24H25ClN2O3S. The van der Waals surface area contributed by atoms with Crippen LogP contribution in [-0.4, -0.2) is 14.3 Å². The predicted octanol–water partition coefficient (Wildman–Crippen LogP) is 5.50. The summed E-state index contributed by atoms with van der Waals surface area (Å²) in [5.41, 5.74) is 3.61. The molecule has 0 spiro atoms. The van der Waals surface area contributed by atoms with Crippen molar-refractivity contribution in [1.29, 1.82) is 0 Å². The average Bonchev–Trinajstić information content (AvgIpc) is 2.75. The van der Waals surface area contributed by atoms with E-state index in [1.165, 1.54) is 35.9 Å². The normalized spacial score (nSPS) is 12.3. The van der Waals surface area contributed by atoms with Crippen LogP contribution in [0.25, 0.3) is 0 Å². The van der Waals surface area contributed by atoms with E-state index in [1.54, 1.807) is 12.1 Å². The lowest BCUT2D eigenvalue weighted by molar-refractivity contribution is 0.0940. The van der Waals surface area contributed by atoms with Crippen LogP contribution in [0.15, 0.2) is 71.6 Å². The first kappa shape index (κ1) is 22.8. The van der Waals surface area contributed by atoms with Gasteiger partial charge in [-0.25, -0.2) is 8.42 Å². The molecule has 0 fully saturated rings. The number of hydrogen-bond donors (Lipinski definition) is 2. The van der Waals surface area contributed by atoms with Crippen molar-refractivity contribution in [2.45, 2.75) is 38.1 Å². The molecule has 0 radical (unpaired) electrons. The van der Waals surface area contributed by atoms with E-state index in [9.17, 15) is 13.2 Å². The second-order valence-electron chi connectivity index (χ2n) is 7.40. The highest BCUT2D eigenvalue weighted by atomic mass is 35.5. The maximum Gasteiger partial charge on any atom is 0.261 e. The minimum Gasteiger partial charge on any atom is -0.345 e. The van der Waals surface area contributed by atoms with E-state index in [0.717, 1.165) is 17.5 Å². The van der Waals surface area contributed by atoms with Gasteiger partial charge >= 0.3 is 0 Å². The average molecular weight is 457 g/mol. The maximum absolute atomic E-state index is 12.8. The fourth-order valence-corrected chi connectivity index (χ4v) is 4.35. The number of anilines is 1. The van der Waals surface area contributed by atoms with Crippen LogP contribution in [0.5, 0.6) is 0 Å². The molecule has 2 N–H and O–H groups in total. The van der Waals surface area contributed by atoms with E-state index in [2.05, 4.69) is 17.0 Å². The molecule has 0 saturated heterocycles. The Bertz CT molecular complexity index is 1170. The fraction of sp³-hybridized carbons (Fsp3) is 0.208. The molecule has 1 amide bonds. The topological polar surface area (TPSA) is 75.3 Å². The monoisotopic (exact) mass is 456 g/mol. The van der Waals surface area contributed by atoms with Gasteiger partial charge in [-0.15, -0.1) is 0 Å². The lowest BCUT2D eigenvalue weighted by Crippen LogP contribution is -2.27. The lowest BCUT2D eigenvalue weighted by Gasteiger charge is -2.16. The zero-order valence-corrected chi connectivity index (χ0v) is 19.2. The van der Waals surface area contributed by atoms with Gasteiger partial charge in [-0.3, -0.25) is 9.52 Å². The summed E-state index contributed by atoms with van der Waals surface area (Å²) in [6, 6.07) is 18.8. The third-order valence-corrected chi connectivity index (χ3v) is 6.76. The van der Waals surface area contributed by atoms with Gasteiger partial charge in [0.2, 0.25) is 0 Å². The maximum atomic E-state index is 12.8. The van der Waals surface area contributed by atoms with Crippen molar-refractivity contribution in [3.63, 3.8) is 0 Å². The molecule has 0 aliphatic rings. The van der Waals surface area contributed by atoms with Crippen molar-refractivity contribution in [2.75, 3.05) is 4.72 Å². The van der Waals surface area contributed by atoms with E-state index in [4.69, 9.17) is 11.6 Å². The number of carbonyl (C=O) groups is 1. The highest BCUT2D eigenvalue weighted by Gasteiger charge is 2.18. The summed E-state index contributed by atoms with van der Waals surface area (Å²) in [7, 11) is -3.78. The van der Waals surface area contributed by atoms with Gasteiger partial charge in [0.05, 0.1) is 21.5 Å². The Hall–Kier alpha value is -2.83. The van der Waals surface area contributed by atoms with Crippen LogP contribution in [0, 0.1) is 6.92 Å². The number of aryl methyl sites for hydroxylation is 2. The van der Waals surface area contributed by atoms with Gasteiger partial charge in [-0.2, -0.15) is 0 Å². The molecule has 7 heteroatoms. The third-order valence-electron chi connectivity index (χ3n) is 5.03. The first-order valence-corrected chi connectivity index (χ1v) is 11.8. The Morgan fingerprint density at radius 2 is 1.65 bits per heavy atom. The van der Waals surface area contributed by atoms with Crippen LogP contribution in [0.3, 0.4) is 0 Å². The minimum absolute atomic E-state index is 0.142. The van der Waals surface area contributed by atoms with E-state index in [0.29, 0.717) is 0 Å². The van der Waals surface area contributed by atoms with E-state index < -0.39 is 10.0 Å².